The van der Waals surface area contributed by atoms with Crippen molar-refractivity contribution in [2.24, 2.45) is 5.14 Å². The van der Waals surface area contributed by atoms with Crippen LogP contribution in [0.5, 0.6) is 0 Å². The second-order valence-electron chi connectivity index (χ2n) is 6.77. The highest BCUT2D eigenvalue weighted by molar-refractivity contribution is 8.00. The van der Waals surface area contributed by atoms with Crippen molar-refractivity contribution in [3.05, 3.63) is 66.9 Å². The van der Waals surface area contributed by atoms with E-state index < -0.39 is 15.3 Å². The molecule has 2 aromatic heterocycles. The molecule has 9 nitrogen and oxygen atoms in total. The van der Waals surface area contributed by atoms with Crippen molar-refractivity contribution in [3.8, 4) is 5.69 Å². The fourth-order valence-corrected chi connectivity index (χ4v) is 4.34. The largest absolute Gasteiger partial charge is 0.325 e. The summed E-state index contributed by atoms with van der Waals surface area (Å²) >= 11 is 1.20. The summed E-state index contributed by atoms with van der Waals surface area (Å²) < 4.78 is 37.8. The number of halogens is 1. The predicted molar refractivity (Wildman–Crippen MR) is 118 cm³/mol. The van der Waals surface area contributed by atoms with E-state index >= 15 is 0 Å². The van der Waals surface area contributed by atoms with E-state index in [0.717, 1.165) is 0 Å². The molecule has 0 spiro atoms. The third kappa shape index (κ3) is 4.61. The number of carbonyl (C=O) groups is 1. The molecular weight excluding hydrogens is 455 g/mol. The van der Waals surface area contributed by atoms with Crippen LogP contribution in [0.4, 0.5) is 10.1 Å². The molecule has 0 aliphatic rings. The van der Waals surface area contributed by atoms with E-state index in [1.165, 1.54) is 48.4 Å². The lowest BCUT2D eigenvalue weighted by molar-refractivity contribution is -0.115. The summed E-state index contributed by atoms with van der Waals surface area (Å²) in [6.45, 7) is 1.70. The van der Waals surface area contributed by atoms with Gasteiger partial charge in [-0.2, -0.15) is 5.10 Å². The highest BCUT2D eigenvalue weighted by Crippen LogP contribution is 2.29. The first kappa shape index (κ1) is 21.9. The Morgan fingerprint density at radius 2 is 1.94 bits per heavy atom. The van der Waals surface area contributed by atoms with Crippen molar-refractivity contribution in [1.29, 1.82) is 0 Å². The third-order valence-corrected chi connectivity index (χ3v) is 6.52. The fraction of sp³-hybridized carbons (Fsp3) is 0.100. The summed E-state index contributed by atoms with van der Waals surface area (Å²) in [5.74, 6) is -0.704. The molecule has 1 atom stereocenters. The Bertz CT molecular complexity index is 1410. The fourth-order valence-electron chi connectivity index (χ4n) is 2.90. The Morgan fingerprint density at radius 1 is 1.19 bits per heavy atom. The first-order chi connectivity index (χ1) is 15.2. The molecule has 0 saturated heterocycles. The summed E-state index contributed by atoms with van der Waals surface area (Å²) in [6.07, 6.45) is 2.95. The monoisotopic (exact) mass is 472 g/mol. The lowest BCUT2D eigenvalue weighted by atomic mass is 10.3. The average Bonchev–Trinajstić information content (AvgIpc) is 3.19. The summed E-state index contributed by atoms with van der Waals surface area (Å²) in [7, 11) is -3.88. The minimum absolute atomic E-state index is 0.0960. The van der Waals surface area contributed by atoms with Crippen molar-refractivity contribution in [1.82, 2.24) is 19.7 Å². The van der Waals surface area contributed by atoms with Gasteiger partial charge in [0.2, 0.25) is 15.9 Å². The molecule has 4 rings (SSSR count). The van der Waals surface area contributed by atoms with E-state index in [-0.39, 0.29) is 16.6 Å². The van der Waals surface area contributed by atoms with Gasteiger partial charge in [0.25, 0.3) is 0 Å². The van der Waals surface area contributed by atoms with Crippen LogP contribution < -0.4 is 10.5 Å². The maximum Gasteiger partial charge on any atom is 0.238 e. The van der Waals surface area contributed by atoms with Crippen molar-refractivity contribution in [3.63, 3.8) is 0 Å². The number of amides is 1. The Kier molecular flexibility index (Phi) is 5.91. The Labute approximate surface area is 186 Å². The number of nitrogens with two attached hydrogens (primary N) is 1. The minimum atomic E-state index is -3.88. The third-order valence-electron chi connectivity index (χ3n) is 4.49. The van der Waals surface area contributed by atoms with Gasteiger partial charge >= 0.3 is 0 Å². The molecule has 32 heavy (non-hydrogen) atoms. The molecule has 0 radical (unpaired) electrons. The van der Waals surface area contributed by atoms with Crippen LogP contribution in [-0.4, -0.2) is 39.3 Å². The Morgan fingerprint density at radius 3 is 2.66 bits per heavy atom. The molecule has 0 fully saturated rings. The van der Waals surface area contributed by atoms with Gasteiger partial charge < -0.3 is 5.32 Å². The number of hydrogen-bond acceptors (Lipinski definition) is 7. The van der Waals surface area contributed by atoms with Gasteiger partial charge in [-0.05, 0) is 49.4 Å². The molecule has 0 saturated carbocycles. The summed E-state index contributed by atoms with van der Waals surface area (Å²) in [6, 6.07) is 11.5. The van der Waals surface area contributed by atoms with E-state index in [9.17, 15) is 17.6 Å². The van der Waals surface area contributed by atoms with Crippen LogP contribution in [0.25, 0.3) is 16.7 Å². The van der Waals surface area contributed by atoms with Gasteiger partial charge in [-0.25, -0.2) is 32.6 Å². The van der Waals surface area contributed by atoms with Crippen molar-refractivity contribution in [2.45, 2.75) is 22.1 Å². The van der Waals surface area contributed by atoms with Crippen molar-refractivity contribution in [2.75, 3.05) is 5.32 Å². The van der Waals surface area contributed by atoms with Crippen molar-refractivity contribution < 1.29 is 17.6 Å². The highest BCUT2D eigenvalue weighted by Gasteiger charge is 2.19. The highest BCUT2D eigenvalue weighted by atomic mass is 32.2. The van der Waals surface area contributed by atoms with Crippen LogP contribution in [0.15, 0.2) is 71.0 Å². The number of rotatable bonds is 6. The number of fused-ring (bicyclic) bond motifs is 1. The number of aromatic nitrogens is 4. The number of hydrogen-bond donors (Lipinski definition) is 2. The van der Waals surface area contributed by atoms with Crippen LogP contribution in [0.1, 0.15) is 6.92 Å². The minimum Gasteiger partial charge on any atom is -0.325 e. The van der Waals surface area contributed by atoms with Crippen molar-refractivity contribution >= 4 is 44.4 Å². The smallest absolute Gasteiger partial charge is 0.238 e. The number of benzene rings is 2. The molecule has 4 aromatic rings. The Hall–Kier alpha value is -3.35. The standard InChI is InChI=1S/C20H17FN6O3S2/c1-12(19(28)26-14-3-2-4-16(9-14)32(22,29)30)31-20-17-10-25-27(18(17)23-11-24-20)15-7-5-13(21)6-8-15/h2-12H,1H3,(H,26,28)(H2,22,29,30). The van der Waals surface area contributed by atoms with Gasteiger partial charge in [-0.1, -0.05) is 17.8 Å². The Balaban J connectivity index is 1.54. The molecule has 3 N–H and O–H groups in total. The zero-order chi connectivity index (χ0) is 22.9. The quantitative estimate of drug-likeness (QED) is 0.326. The van der Waals surface area contributed by atoms with Gasteiger partial charge in [0.05, 0.1) is 27.4 Å². The number of anilines is 1. The lowest BCUT2D eigenvalue weighted by Crippen LogP contribution is -2.23. The van der Waals surface area contributed by atoms with E-state index in [2.05, 4.69) is 20.4 Å². The number of thioether (sulfide) groups is 1. The molecular formula is C20H17FN6O3S2. The van der Waals surface area contributed by atoms with Crippen LogP contribution in [0.3, 0.4) is 0 Å². The SMILES string of the molecule is CC(Sc1ncnc2c1cnn2-c1ccc(F)cc1)C(=O)Nc1cccc(S(N)(=O)=O)c1. The van der Waals surface area contributed by atoms with E-state index in [1.807, 2.05) is 0 Å². The molecule has 0 aliphatic heterocycles. The molecule has 12 heteroatoms. The average molecular weight is 473 g/mol. The van der Waals surface area contributed by atoms with Crippen LogP contribution >= 0.6 is 11.8 Å². The predicted octanol–water partition coefficient (Wildman–Crippen LogP) is 2.72. The number of nitrogens with one attached hydrogen (secondary N) is 1. The molecule has 0 bridgehead atoms. The molecule has 1 unspecified atom stereocenters. The van der Waals surface area contributed by atoms with E-state index in [4.69, 9.17) is 5.14 Å². The van der Waals surface area contributed by atoms with Gasteiger partial charge in [0, 0.05) is 5.69 Å². The first-order valence-electron chi connectivity index (χ1n) is 9.27. The topological polar surface area (TPSA) is 133 Å². The second kappa shape index (κ2) is 8.65. The number of sulfonamides is 1. The van der Waals surface area contributed by atoms with Gasteiger partial charge in [0.15, 0.2) is 5.65 Å². The second-order valence-corrected chi connectivity index (χ2v) is 9.66. The van der Waals surface area contributed by atoms with E-state index in [0.29, 0.717) is 27.4 Å². The summed E-state index contributed by atoms with van der Waals surface area (Å²) in [5, 5.41) is 12.7. The number of carbonyl (C=O) groups excluding carboxylic acids is 1. The van der Waals surface area contributed by atoms with Gasteiger partial charge in [0.1, 0.15) is 17.2 Å². The van der Waals surface area contributed by atoms with Crippen LogP contribution in [-0.2, 0) is 14.8 Å². The molecule has 2 aromatic carbocycles. The summed E-state index contributed by atoms with van der Waals surface area (Å²) in [4.78, 5) is 21.1. The zero-order valence-corrected chi connectivity index (χ0v) is 18.3. The van der Waals surface area contributed by atoms with Gasteiger partial charge in [-0.15, -0.1) is 0 Å². The maximum absolute atomic E-state index is 13.2. The normalized spacial score (nSPS) is 12.6. The maximum atomic E-state index is 13.2. The molecule has 2 heterocycles. The number of primary sulfonamides is 1. The molecule has 1 amide bonds. The summed E-state index contributed by atoms with van der Waals surface area (Å²) in [5.41, 5.74) is 1.46. The van der Waals surface area contributed by atoms with Gasteiger partial charge in [-0.3, -0.25) is 4.79 Å². The van der Waals surface area contributed by atoms with Crippen LogP contribution in [0.2, 0.25) is 0 Å². The first-order valence-corrected chi connectivity index (χ1v) is 11.7. The molecule has 164 valence electrons. The molecule has 0 aliphatic carbocycles. The van der Waals surface area contributed by atoms with E-state index in [1.54, 1.807) is 36.0 Å². The lowest BCUT2D eigenvalue weighted by Gasteiger charge is -2.12. The van der Waals surface area contributed by atoms with Crippen LogP contribution in [0, 0.1) is 5.82 Å². The zero-order valence-electron chi connectivity index (χ0n) is 16.6. The number of nitrogens with zero attached hydrogens (tertiary/aromatic N) is 4.